The molecule has 2 N–H and O–H groups in total. The van der Waals surface area contributed by atoms with Gasteiger partial charge < -0.3 is 19.8 Å². The van der Waals surface area contributed by atoms with Gasteiger partial charge in [-0.25, -0.2) is 0 Å². The van der Waals surface area contributed by atoms with Crippen molar-refractivity contribution in [2.75, 3.05) is 29.6 Å². The van der Waals surface area contributed by atoms with Gasteiger partial charge in [0.2, 0.25) is 0 Å². The molecule has 0 saturated carbocycles. The van der Waals surface area contributed by atoms with Crippen molar-refractivity contribution in [3.8, 4) is 5.75 Å². The number of aliphatic hydroxyl groups excluding tert-OH is 1. The van der Waals surface area contributed by atoms with Crippen molar-refractivity contribution in [1.29, 1.82) is 0 Å². The Kier molecular flexibility index (Phi) is 10.2. The predicted molar refractivity (Wildman–Crippen MR) is 178 cm³/mol. The summed E-state index contributed by atoms with van der Waals surface area (Å²) < 4.78 is 7.36. The summed E-state index contributed by atoms with van der Waals surface area (Å²) in [6.45, 7) is 8.85. The van der Waals surface area contributed by atoms with Gasteiger partial charge in [-0.1, -0.05) is 59.7 Å². The van der Waals surface area contributed by atoms with E-state index in [1.54, 1.807) is 26.7 Å². The molecule has 2 aliphatic heterocycles. The van der Waals surface area contributed by atoms with Crippen LogP contribution in [0, 0.1) is 5.92 Å². The number of fused-ring (bicyclic) bond motifs is 2. The Morgan fingerprint density at radius 1 is 1.09 bits per heavy atom. The van der Waals surface area contributed by atoms with Crippen molar-refractivity contribution >= 4 is 28.9 Å². The van der Waals surface area contributed by atoms with Gasteiger partial charge in [0.25, 0.3) is 11.8 Å². The molecule has 10 nitrogen and oxygen atoms in total. The Morgan fingerprint density at radius 3 is 2.67 bits per heavy atom. The molecular formula is C36H43N5O5. The fourth-order valence-electron chi connectivity index (χ4n) is 5.90. The van der Waals surface area contributed by atoms with Gasteiger partial charge in [0.15, 0.2) is 12.2 Å². The molecule has 5 rings (SSSR count). The van der Waals surface area contributed by atoms with E-state index in [4.69, 9.17) is 9.84 Å². The number of benzene rings is 2. The highest BCUT2D eigenvalue weighted by atomic mass is 16.5. The molecule has 1 aromatic heterocycles. The quantitative estimate of drug-likeness (QED) is 0.245. The third-order valence-corrected chi connectivity index (χ3v) is 8.49. The minimum Gasteiger partial charge on any atom is -0.482 e. The van der Waals surface area contributed by atoms with Crippen LogP contribution in [-0.4, -0.2) is 56.8 Å². The van der Waals surface area contributed by atoms with E-state index in [1.165, 1.54) is 5.57 Å². The van der Waals surface area contributed by atoms with E-state index in [0.29, 0.717) is 54.3 Å². The number of rotatable bonds is 13. The second-order valence-electron chi connectivity index (χ2n) is 12.2. The summed E-state index contributed by atoms with van der Waals surface area (Å²) in [5.74, 6) is -0.614. The van der Waals surface area contributed by atoms with Crippen LogP contribution in [0.25, 0.3) is 0 Å². The lowest BCUT2D eigenvalue weighted by atomic mass is 9.82. The zero-order chi connectivity index (χ0) is 32.8. The van der Waals surface area contributed by atoms with Crippen LogP contribution in [-0.2, 0) is 28.2 Å². The molecule has 3 aromatic rings. The number of ether oxygens (including phenoxy) is 1. The SMILES string of the molecule is CC(C)=CCC/C(C)=C/CN1C(=O)[C@](O)([C@H](C)/C=C/CCn2cc(CCO)nn2)c2cc(N3C(=O)COc4ccccc43)ccc21. The molecule has 0 fully saturated rings. The Balaban J connectivity index is 1.44. The monoisotopic (exact) mass is 625 g/mol. The van der Waals surface area contributed by atoms with E-state index >= 15 is 0 Å². The van der Waals surface area contributed by atoms with Gasteiger partial charge in [0.05, 0.1) is 17.1 Å². The molecule has 0 bridgehead atoms. The fraction of sp³-hybridized carbons (Fsp3) is 0.389. The van der Waals surface area contributed by atoms with Crippen LogP contribution in [0.5, 0.6) is 5.75 Å². The van der Waals surface area contributed by atoms with Gasteiger partial charge in [-0.3, -0.25) is 19.2 Å². The molecule has 10 heteroatoms. The number of aliphatic hydroxyl groups is 2. The minimum atomic E-state index is -1.85. The number of carbonyl (C=O) groups is 2. The van der Waals surface area contributed by atoms with Crippen molar-refractivity contribution in [1.82, 2.24) is 15.0 Å². The molecule has 0 aliphatic carbocycles. The topological polar surface area (TPSA) is 121 Å². The first-order valence-corrected chi connectivity index (χ1v) is 15.8. The van der Waals surface area contributed by atoms with Crippen LogP contribution < -0.4 is 14.5 Å². The number of para-hydroxylation sites is 2. The van der Waals surface area contributed by atoms with E-state index in [9.17, 15) is 14.7 Å². The van der Waals surface area contributed by atoms with Gasteiger partial charge in [0.1, 0.15) is 5.75 Å². The number of anilines is 3. The minimum absolute atomic E-state index is 0.0143. The number of allylic oxidation sites excluding steroid dienone is 4. The van der Waals surface area contributed by atoms with Crippen molar-refractivity contribution in [3.05, 3.63) is 95.4 Å². The summed E-state index contributed by atoms with van der Waals surface area (Å²) >= 11 is 0. The molecule has 46 heavy (non-hydrogen) atoms. The largest absolute Gasteiger partial charge is 0.482 e. The number of hydrogen-bond donors (Lipinski definition) is 2. The molecule has 0 radical (unpaired) electrons. The van der Waals surface area contributed by atoms with Gasteiger partial charge in [-0.2, -0.15) is 0 Å². The average Bonchev–Trinajstić information content (AvgIpc) is 3.57. The lowest BCUT2D eigenvalue weighted by Crippen LogP contribution is -2.44. The summed E-state index contributed by atoms with van der Waals surface area (Å²) in [6.07, 6.45) is 12.7. The summed E-state index contributed by atoms with van der Waals surface area (Å²) in [7, 11) is 0. The van der Waals surface area contributed by atoms with Crippen LogP contribution >= 0.6 is 0 Å². The Bertz CT molecular complexity index is 1670. The highest BCUT2D eigenvalue weighted by Crippen LogP contribution is 2.48. The highest BCUT2D eigenvalue weighted by molar-refractivity contribution is 6.09. The van der Waals surface area contributed by atoms with Crippen LogP contribution in [0.4, 0.5) is 17.1 Å². The molecule has 0 unspecified atom stereocenters. The molecule has 3 heterocycles. The van der Waals surface area contributed by atoms with Crippen LogP contribution in [0.1, 0.15) is 58.2 Å². The molecular weight excluding hydrogens is 582 g/mol. The second-order valence-corrected chi connectivity index (χ2v) is 12.2. The first-order valence-electron chi connectivity index (χ1n) is 15.8. The molecule has 2 aliphatic rings. The fourth-order valence-corrected chi connectivity index (χ4v) is 5.90. The molecule has 0 spiro atoms. The van der Waals surface area contributed by atoms with Crippen LogP contribution in [0.15, 0.2) is 84.1 Å². The van der Waals surface area contributed by atoms with E-state index in [1.807, 2.05) is 61.5 Å². The number of hydrogen-bond acceptors (Lipinski definition) is 7. The average molecular weight is 626 g/mol. The molecule has 2 aromatic carbocycles. The Labute approximate surface area is 270 Å². The smallest absolute Gasteiger partial charge is 0.269 e. The zero-order valence-corrected chi connectivity index (χ0v) is 27.0. The van der Waals surface area contributed by atoms with E-state index in [-0.39, 0.29) is 19.1 Å². The maximum atomic E-state index is 14.2. The summed E-state index contributed by atoms with van der Waals surface area (Å²) in [5, 5.41) is 29.6. The van der Waals surface area contributed by atoms with Gasteiger partial charge in [-0.15, -0.1) is 5.10 Å². The maximum absolute atomic E-state index is 14.2. The second kappa shape index (κ2) is 14.3. The first kappa shape index (κ1) is 32.8. The van der Waals surface area contributed by atoms with E-state index < -0.39 is 17.4 Å². The number of nitrogens with zero attached hydrogens (tertiary/aromatic N) is 5. The lowest BCUT2D eigenvalue weighted by molar-refractivity contribution is -0.139. The van der Waals surface area contributed by atoms with Crippen molar-refractivity contribution < 1.29 is 24.5 Å². The molecule has 0 saturated heterocycles. The van der Waals surface area contributed by atoms with E-state index in [2.05, 4.69) is 37.2 Å². The molecule has 2 amide bonds. The normalized spacial score (nSPS) is 18.5. The summed E-state index contributed by atoms with van der Waals surface area (Å²) in [6, 6.07) is 12.7. The predicted octanol–water partition coefficient (Wildman–Crippen LogP) is 5.38. The first-order chi connectivity index (χ1) is 22.1. The van der Waals surface area contributed by atoms with E-state index in [0.717, 1.165) is 24.1 Å². The number of aryl methyl sites for hydroxylation is 1. The third kappa shape index (κ3) is 6.83. The Hall–Kier alpha value is -4.54. The molecule has 2 atom stereocenters. The van der Waals surface area contributed by atoms with Crippen LogP contribution in [0.2, 0.25) is 0 Å². The number of amides is 2. The van der Waals surface area contributed by atoms with Gasteiger partial charge in [0, 0.05) is 49.5 Å². The van der Waals surface area contributed by atoms with Crippen molar-refractivity contribution in [3.63, 3.8) is 0 Å². The molecule has 242 valence electrons. The van der Waals surface area contributed by atoms with Crippen molar-refractivity contribution in [2.24, 2.45) is 5.92 Å². The van der Waals surface area contributed by atoms with Gasteiger partial charge >= 0.3 is 0 Å². The third-order valence-electron chi connectivity index (χ3n) is 8.49. The number of carbonyl (C=O) groups excluding carboxylic acids is 2. The highest BCUT2D eigenvalue weighted by Gasteiger charge is 2.52. The number of aromatic nitrogens is 3. The van der Waals surface area contributed by atoms with Crippen LogP contribution in [0.3, 0.4) is 0 Å². The summed E-state index contributed by atoms with van der Waals surface area (Å²) in [5.41, 5.74) is 3.57. The summed E-state index contributed by atoms with van der Waals surface area (Å²) in [4.78, 5) is 30.5. The Morgan fingerprint density at radius 2 is 1.89 bits per heavy atom. The standard InChI is InChI=1S/C36H43N5O5/c1-25(2)10-9-11-26(3)17-20-40-31-16-15-29(41-32-13-5-6-14-33(32)46-24-34(41)43)22-30(31)36(45,35(40)44)27(4)12-7-8-19-39-23-28(18-21-42)37-38-39/h5-7,10,12-17,22-23,27,42,45H,8-9,11,18-21,24H2,1-4H3/b12-7+,26-17+/t27-,36+/m1/s1. The van der Waals surface area contributed by atoms with Crippen molar-refractivity contribution in [2.45, 2.75) is 65.5 Å². The lowest BCUT2D eigenvalue weighted by Gasteiger charge is -2.31. The zero-order valence-electron chi connectivity index (χ0n) is 27.0. The van der Waals surface area contributed by atoms with Gasteiger partial charge in [-0.05, 0) is 70.4 Å². The maximum Gasteiger partial charge on any atom is 0.269 e.